The van der Waals surface area contributed by atoms with Crippen molar-refractivity contribution in [2.24, 2.45) is 0 Å². The third kappa shape index (κ3) is 2.05. The molecule has 0 atom stereocenters. The average Bonchev–Trinajstić information content (AvgIpc) is 2.98. The number of hydrogen-bond donors (Lipinski definition) is 2. The molecule has 0 radical (unpaired) electrons. The molecule has 0 saturated carbocycles. The van der Waals surface area contributed by atoms with E-state index in [-0.39, 0.29) is 5.75 Å². The largest absolute Gasteiger partial charge is 0.504 e. The topological polar surface area (TPSA) is 96.8 Å². The molecule has 0 fully saturated rings. The summed E-state index contributed by atoms with van der Waals surface area (Å²) >= 11 is 0. The fourth-order valence-electron chi connectivity index (χ4n) is 1.77. The van der Waals surface area contributed by atoms with Crippen LogP contribution in [-0.2, 0) is 0 Å². The molecule has 7 heteroatoms. The predicted molar refractivity (Wildman–Crippen MR) is 71.1 cm³/mol. The Labute approximate surface area is 114 Å². The van der Waals surface area contributed by atoms with Gasteiger partial charge in [0.05, 0.1) is 12.7 Å². The molecule has 0 unspecified atom stereocenters. The number of phenols is 1. The average molecular weight is 269 g/mol. The summed E-state index contributed by atoms with van der Waals surface area (Å²) in [6.45, 7) is 0. The lowest BCUT2D eigenvalue weighted by Crippen LogP contribution is -1.89. The molecule has 3 rings (SSSR count). The van der Waals surface area contributed by atoms with E-state index in [9.17, 15) is 5.11 Å². The van der Waals surface area contributed by atoms with Crippen molar-refractivity contribution in [3.05, 3.63) is 36.7 Å². The summed E-state index contributed by atoms with van der Waals surface area (Å²) in [5.74, 6) is 1.58. The number of rotatable bonds is 3. The monoisotopic (exact) mass is 269 g/mol. The molecule has 0 aliphatic rings. The Balaban J connectivity index is 2.03. The van der Waals surface area contributed by atoms with Crippen molar-refractivity contribution >= 4 is 0 Å². The summed E-state index contributed by atoms with van der Waals surface area (Å²) in [6, 6.07) is 6.85. The lowest BCUT2D eigenvalue weighted by atomic mass is 10.2. The highest BCUT2D eigenvalue weighted by molar-refractivity contribution is 5.68. The van der Waals surface area contributed by atoms with Gasteiger partial charge in [0.25, 0.3) is 0 Å². The third-order valence-corrected chi connectivity index (χ3v) is 2.73. The number of aromatic amines is 1. The fraction of sp³-hybridized carbons (Fsp3) is 0.0769. The van der Waals surface area contributed by atoms with Crippen LogP contribution in [0.15, 0.2) is 36.7 Å². The van der Waals surface area contributed by atoms with Crippen LogP contribution in [0.4, 0.5) is 0 Å². The number of benzene rings is 1. The quantitative estimate of drug-likeness (QED) is 0.750. The molecule has 0 saturated heterocycles. The SMILES string of the molecule is COc1cccc(-c2nc(-c3ncccn3)n[nH]2)c1O. The number of H-pyrrole nitrogens is 1. The van der Waals surface area contributed by atoms with Crippen molar-refractivity contribution in [1.29, 1.82) is 0 Å². The highest BCUT2D eigenvalue weighted by Crippen LogP contribution is 2.35. The van der Waals surface area contributed by atoms with Gasteiger partial charge in [0, 0.05) is 12.4 Å². The van der Waals surface area contributed by atoms with Crippen molar-refractivity contribution in [2.75, 3.05) is 7.11 Å². The van der Waals surface area contributed by atoms with Gasteiger partial charge in [-0.3, -0.25) is 5.10 Å². The number of methoxy groups -OCH3 is 1. The maximum Gasteiger partial charge on any atom is 0.219 e. The van der Waals surface area contributed by atoms with Gasteiger partial charge in [-0.15, -0.1) is 5.10 Å². The van der Waals surface area contributed by atoms with Crippen LogP contribution in [0.1, 0.15) is 0 Å². The van der Waals surface area contributed by atoms with Crippen LogP contribution < -0.4 is 4.74 Å². The molecule has 1 aromatic carbocycles. The van der Waals surface area contributed by atoms with Gasteiger partial charge in [0.1, 0.15) is 0 Å². The first kappa shape index (κ1) is 12.1. The molecule has 7 nitrogen and oxygen atoms in total. The predicted octanol–water partition coefficient (Wildman–Crippen LogP) is 1.64. The molecule has 2 aromatic heterocycles. The summed E-state index contributed by atoms with van der Waals surface area (Å²) in [5.41, 5.74) is 0.499. The molecule has 100 valence electrons. The zero-order valence-electron chi connectivity index (χ0n) is 10.6. The maximum absolute atomic E-state index is 10.1. The second-order valence-electron chi connectivity index (χ2n) is 3.94. The van der Waals surface area contributed by atoms with E-state index in [1.807, 2.05) is 0 Å². The molecule has 0 aliphatic carbocycles. The van der Waals surface area contributed by atoms with Crippen LogP contribution in [-0.4, -0.2) is 37.4 Å². The summed E-state index contributed by atoms with van der Waals surface area (Å²) < 4.78 is 5.06. The van der Waals surface area contributed by atoms with Crippen LogP contribution in [0.2, 0.25) is 0 Å². The first-order valence-corrected chi connectivity index (χ1v) is 5.85. The molecule has 0 spiro atoms. The Morgan fingerprint density at radius 2 is 1.90 bits per heavy atom. The Bertz CT molecular complexity index is 727. The number of nitrogens with zero attached hydrogens (tertiary/aromatic N) is 4. The van der Waals surface area contributed by atoms with Gasteiger partial charge in [0.15, 0.2) is 23.1 Å². The van der Waals surface area contributed by atoms with E-state index in [2.05, 4.69) is 25.1 Å². The molecular formula is C13H11N5O2. The van der Waals surface area contributed by atoms with E-state index in [1.54, 1.807) is 36.7 Å². The molecule has 3 aromatic rings. The second-order valence-corrected chi connectivity index (χ2v) is 3.94. The van der Waals surface area contributed by atoms with E-state index in [1.165, 1.54) is 7.11 Å². The Morgan fingerprint density at radius 1 is 1.10 bits per heavy atom. The second kappa shape index (κ2) is 4.96. The zero-order valence-corrected chi connectivity index (χ0v) is 10.6. The molecular weight excluding hydrogens is 258 g/mol. The molecule has 0 amide bonds. The van der Waals surface area contributed by atoms with E-state index in [0.29, 0.717) is 28.8 Å². The smallest absolute Gasteiger partial charge is 0.219 e. The molecule has 2 heterocycles. The molecule has 0 bridgehead atoms. The first-order chi connectivity index (χ1) is 9.79. The van der Waals surface area contributed by atoms with Crippen LogP contribution in [0.25, 0.3) is 23.0 Å². The fourth-order valence-corrected chi connectivity index (χ4v) is 1.77. The minimum absolute atomic E-state index is 0.00619. The summed E-state index contributed by atoms with van der Waals surface area (Å²) in [4.78, 5) is 12.4. The van der Waals surface area contributed by atoms with Gasteiger partial charge >= 0.3 is 0 Å². The van der Waals surface area contributed by atoms with Gasteiger partial charge < -0.3 is 9.84 Å². The minimum atomic E-state index is 0.00619. The zero-order chi connectivity index (χ0) is 13.9. The van der Waals surface area contributed by atoms with Crippen LogP contribution in [0.3, 0.4) is 0 Å². The molecule has 20 heavy (non-hydrogen) atoms. The number of para-hydroxylation sites is 1. The number of ether oxygens (including phenoxy) is 1. The van der Waals surface area contributed by atoms with Crippen molar-refractivity contribution in [3.63, 3.8) is 0 Å². The van der Waals surface area contributed by atoms with Gasteiger partial charge in [-0.1, -0.05) is 6.07 Å². The summed E-state index contributed by atoms with van der Waals surface area (Å²) in [6.07, 6.45) is 3.22. The normalized spacial score (nSPS) is 10.4. The van der Waals surface area contributed by atoms with Crippen molar-refractivity contribution in [3.8, 4) is 34.5 Å². The van der Waals surface area contributed by atoms with Gasteiger partial charge in [-0.2, -0.15) is 0 Å². The first-order valence-electron chi connectivity index (χ1n) is 5.85. The number of nitrogens with one attached hydrogen (secondary N) is 1. The van der Waals surface area contributed by atoms with Crippen LogP contribution in [0.5, 0.6) is 11.5 Å². The lowest BCUT2D eigenvalue weighted by Gasteiger charge is -2.05. The lowest BCUT2D eigenvalue weighted by molar-refractivity contribution is 0.374. The van der Waals surface area contributed by atoms with E-state index >= 15 is 0 Å². The molecule has 0 aliphatic heterocycles. The Hall–Kier alpha value is -2.96. The summed E-state index contributed by atoms with van der Waals surface area (Å²) in [7, 11) is 1.49. The number of phenolic OH excluding ortho intramolecular Hbond substituents is 1. The number of aromatic nitrogens is 5. The van der Waals surface area contributed by atoms with Crippen LogP contribution in [0, 0.1) is 0 Å². The van der Waals surface area contributed by atoms with E-state index < -0.39 is 0 Å². The molecule has 2 N–H and O–H groups in total. The van der Waals surface area contributed by atoms with Crippen molar-refractivity contribution < 1.29 is 9.84 Å². The van der Waals surface area contributed by atoms with E-state index in [4.69, 9.17) is 4.74 Å². The third-order valence-electron chi connectivity index (χ3n) is 2.73. The Morgan fingerprint density at radius 3 is 2.65 bits per heavy atom. The highest BCUT2D eigenvalue weighted by atomic mass is 16.5. The van der Waals surface area contributed by atoms with Gasteiger partial charge in [-0.25, -0.2) is 15.0 Å². The van der Waals surface area contributed by atoms with E-state index in [0.717, 1.165) is 0 Å². The summed E-state index contributed by atoms with van der Waals surface area (Å²) in [5, 5.41) is 16.9. The van der Waals surface area contributed by atoms with Crippen LogP contribution >= 0.6 is 0 Å². The number of aromatic hydroxyl groups is 1. The standard InChI is InChI=1S/C13H11N5O2/c1-20-9-5-2-4-8(10(9)19)11-16-13(18-17-11)12-14-6-3-7-15-12/h2-7,19H,1H3,(H,16,17,18). The minimum Gasteiger partial charge on any atom is -0.504 e. The maximum atomic E-state index is 10.1. The van der Waals surface area contributed by atoms with Crippen molar-refractivity contribution in [2.45, 2.75) is 0 Å². The van der Waals surface area contributed by atoms with Gasteiger partial charge in [0.2, 0.25) is 5.82 Å². The number of hydrogen-bond acceptors (Lipinski definition) is 6. The highest BCUT2D eigenvalue weighted by Gasteiger charge is 2.14. The van der Waals surface area contributed by atoms with Gasteiger partial charge in [-0.05, 0) is 18.2 Å². The Kier molecular flexibility index (Phi) is 3.00. The van der Waals surface area contributed by atoms with Crippen molar-refractivity contribution in [1.82, 2.24) is 25.1 Å².